The maximum Gasteiger partial charge on any atom is 0.0596 e. The Morgan fingerprint density at radius 2 is 0.893 bits per heavy atom. The molecule has 2 unspecified atom stereocenters. The molecule has 0 aromatic heterocycles. The summed E-state index contributed by atoms with van der Waals surface area (Å²) in [6.07, 6.45) is 0. The van der Waals surface area contributed by atoms with Crippen LogP contribution in [0.15, 0.2) is 72.8 Å². The van der Waals surface area contributed by atoms with Gasteiger partial charge in [0.2, 0.25) is 0 Å². The highest BCUT2D eigenvalue weighted by Crippen LogP contribution is 2.32. The van der Waals surface area contributed by atoms with Crippen LogP contribution in [0.2, 0.25) is 0 Å². The number of nitrogens with zero attached hydrogens (tertiary/aromatic N) is 2. The Labute approximate surface area is 168 Å². The molecule has 0 fully saturated rings. The van der Waals surface area contributed by atoms with E-state index in [9.17, 15) is 0 Å². The van der Waals surface area contributed by atoms with Crippen LogP contribution in [0, 0.1) is 0 Å². The van der Waals surface area contributed by atoms with Gasteiger partial charge in [-0.3, -0.25) is 9.80 Å². The first-order valence-electron chi connectivity index (χ1n) is 9.50. The summed E-state index contributed by atoms with van der Waals surface area (Å²) in [4.78, 5) is 4.47. The van der Waals surface area contributed by atoms with E-state index in [-0.39, 0.29) is 12.1 Å². The van der Waals surface area contributed by atoms with Crippen molar-refractivity contribution in [2.45, 2.75) is 12.1 Å². The van der Waals surface area contributed by atoms with Crippen LogP contribution in [-0.4, -0.2) is 38.0 Å². The Hall–Kier alpha value is -2.82. The standard InChI is InChI=1S/C24H30N4/c1-27(2)23(17-8-12-21(25)13-9-17)19-6-5-7-20(16-19)24(28(3)4)18-10-14-22(26)15-11-18/h5-16,23-24H,25-26H2,1-4H3. The molecule has 0 saturated heterocycles. The van der Waals surface area contributed by atoms with Crippen molar-refractivity contribution in [3.63, 3.8) is 0 Å². The van der Waals surface area contributed by atoms with Gasteiger partial charge in [0.05, 0.1) is 12.1 Å². The molecule has 0 bridgehead atoms. The van der Waals surface area contributed by atoms with Gasteiger partial charge in [0.1, 0.15) is 0 Å². The first kappa shape index (κ1) is 19.9. The third-order valence-corrected chi connectivity index (χ3v) is 5.08. The van der Waals surface area contributed by atoms with E-state index in [1.54, 1.807) is 0 Å². The fourth-order valence-electron chi connectivity index (χ4n) is 3.83. The van der Waals surface area contributed by atoms with Crippen molar-refractivity contribution in [2.75, 3.05) is 39.7 Å². The van der Waals surface area contributed by atoms with Gasteiger partial charge in [0.15, 0.2) is 0 Å². The molecular weight excluding hydrogens is 344 g/mol. The lowest BCUT2D eigenvalue weighted by Crippen LogP contribution is -2.23. The molecule has 0 spiro atoms. The van der Waals surface area contributed by atoms with Crippen molar-refractivity contribution >= 4 is 11.4 Å². The van der Waals surface area contributed by atoms with E-state index >= 15 is 0 Å². The number of nitrogens with two attached hydrogens (primary N) is 2. The Kier molecular flexibility index (Phi) is 6.02. The van der Waals surface area contributed by atoms with Crippen LogP contribution in [-0.2, 0) is 0 Å². The van der Waals surface area contributed by atoms with Gasteiger partial charge in [0, 0.05) is 11.4 Å². The zero-order chi connectivity index (χ0) is 20.3. The summed E-state index contributed by atoms with van der Waals surface area (Å²) in [6, 6.07) is 25.5. The van der Waals surface area contributed by atoms with Gasteiger partial charge in [-0.15, -0.1) is 0 Å². The maximum absolute atomic E-state index is 5.89. The molecule has 3 rings (SSSR count). The molecule has 4 heteroatoms. The number of nitrogen functional groups attached to an aromatic ring is 2. The molecule has 0 aliphatic carbocycles. The van der Waals surface area contributed by atoms with E-state index in [2.05, 4.69) is 86.5 Å². The van der Waals surface area contributed by atoms with Crippen molar-refractivity contribution < 1.29 is 0 Å². The lowest BCUT2D eigenvalue weighted by atomic mass is 9.91. The SMILES string of the molecule is CN(C)C(c1ccc(N)cc1)c1cccc(C(c2ccc(N)cc2)N(C)C)c1. The molecule has 2 atom stereocenters. The average Bonchev–Trinajstić information content (AvgIpc) is 2.65. The fourth-order valence-corrected chi connectivity index (χ4v) is 3.83. The predicted molar refractivity (Wildman–Crippen MR) is 119 cm³/mol. The molecule has 3 aromatic rings. The second-order valence-corrected chi connectivity index (χ2v) is 7.74. The zero-order valence-electron chi connectivity index (χ0n) is 17.1. The van der Waals surface area contributed by atoms with Gasteiger partial charge < -0.3 is 11.5 Å². The molecule has 0 saturated carbocycles. The van der Waals surface area contributed by atoms with Gasteiger partial charge in [-0.2, -0.15) is 0 Å². The fraction of sp³-hybridized carbons (Fsp3) is 0.250. The van der Waals surface area contributed by atoms with Crippen LogP contribution in [0.1, 0.15) is 34.3 Å². The summed E-state index contributed by atoms with van der Waals surface area (Å²) >= 11 is 0. The van der Waals surface area contributed by atoms with Gasteiger partial charge >= 0.3 is 0 Å². The minimum absolute atomic E-state index is 0.162. The van der Waals surface area contributed by atoms with E-state index in [4.69, 9.17) is 11.5 Å². The first-order valence-corrected chi connectivity index (χ1v) is 9.50. The van der Waals surface area contributed by atoms with Crippen LogP contribution < -0.4 is 11.5 Å². The Morgan fingerprint density at radius 1 is 0.536 bits per heavy atom. The van der Waals surface area contributed by atoms with Gasteiger partial charge in [-0.1, -0.05) is 48.5 Å². The molecule has 4 N–H and O–H groups in total. The average molecular weight is 375 g/mol. The Balaban J connectivity index is 2.03. The maximum atomic E-state index is 5.89. The highest BCUT2D eigenvalue weighted by atomic mass is 15.1. The normalized spacial score (nSPS) is 13.6. The highest BCUT2D eigenvalue weighted by molar-refractivity contribution is 5.45. The van der Waals surface area contributed by atoms with Crippen LogP contribution in [0.5, 0.6) is 0 Å². The predicted octanol–water partition coefficient (Wildman–Crippen LogP) is 4.15. The third kappa shape index (κ3) is 4.35. The van der Waals surface area contributed by atoms with E-state index < -0.39 is 0 Å². The van der Waals surface area contributed by atoms with Gasteiger partial charge in [0.25, 0.3) is 0 Å². The number of hydrogen-bond donors (Lipinski definition) is 2. The summed E-state index contributed by atoms with van der Waals surface area (Å²) < 4.78 is 0. The van der Waals surface area contributed by atoms with Crippen molar-refractivity contribution in [2.24, 2.45) is 0 Å². The topological polar surface area (TPSA) is 58.5 Å². The minimum Gasteiger partial charge on any atom is -0.399 e. The molecule has 3 aromatic carbocycles. The molecule has 0 aliphatic heterocycles. The van der Waals surface area contributed by atoms with Crippen LogP contribution in [0.4, 0.5) is 11.4 Å². The van der Waals surface area contributed by atoms with Crippen molar-refractivity contribution in [1.29, 1.82) is 0 Å². The van der Waals surface area contributed by atoms with Crippen LogP contribution in [0.3, 0.4) is 0 Å². The molecule has 0 radical (unpaired) electrons. The highest BCUT2D eigenvalue weighted by Gasteiger charge is 2.21. The lowest BCUT2D eigenvalue weighted by molar-refractivity contribution is 0.335. The zero-order valence-corrected chi connectivity index (χ0v) is 17.1. The second kappa shape index (κ2) is 8.46. The van der Waals surface area contributed by atoms with Crippen molar-refractivity contribution in [1.82, 2.24) is 9.80 Å². The van der Waals surface area contributed by atoms with E-state index in [1.165, 1.54) is 22.3 Å². The third-order valence-electron chi connectivity index (χ3n) is 5.08. The summed E-state index contributed by atoms with van der Waals surface area (Å²) in [5, 5.41) is 0. The summed E-state index contributed by atoms with van der Waals surface area (Å²) in [5.41, 5.74) is 18.3. The minimum atomic E-state index is 0.162. The molecule has 0 heterocycles. The molecule has 0 aliphatic rings. The second-order valence-electron chi connectivity index (χ2n) is 7.74. The first-order chi connectivity index (χ1) is 13.4. The Morgan fingerprint density at radius 3 is 1.21 bits per heavy atom. The molecule has 4 nitrogen and oxygen atoms in total. The number of hydrogen-bond acceptors (Lipinski definition) is 4. The lowest BCUT2D eigenvalue weighted by Gasteiger charge is -2.29. The molecule has 0 amide bonds. The van der Waals surface area contributed by atoms with Crippen molar-refractivity contribution in [3.8, 4) is 0 Å². The number of rotatable bonds is 6. The Bertz CT molecular complexity index is 826. The van der Waals surface area contributed by atoms with E-state index in [1.807, 2.05) is 24.3 Å². The van der Waals surface area contributed by atoms with Crippen molar-refractivity contribution in [3.05, 3.63) is 95.1 Å². The van der Waals surface area contributed by atoms with Crippen LogP contribution >= 0.6 is 0 Å². The van der Waals surface area contributed by atoms with Gasteiger partial charge in [-0.25, -0.2) is 0 Å². The van der Waals surface area contributed by atoms with E-state index in [0.717, 1.165) is 11.4 Å². The molecule has 146 valence electrons. The quantitative estimate of drug-likeness (QED) is 0.636. The van der Waals surface area contributed by atoms with E-state index in [0.29, 0.717) is 0 Å². The molecule has 28 heavy (non-hydrogen) atoms. The number of benzene rings is 3. The summed E-state index contributed by atoms with van der Waals surface area (Å²) in [5.74, 6) is 0. The number of anilines is 2. The van der Waals surface area contributed by atoms with Gasteiger partial charge in [-0.05, 0) is 74.7 Å². The smallest absolute Gasteiger partial charge is 0.0596 e. The monoisotopic (exact) mass is 374 g/mol. The molecular formula is C24H30N4. The summed E-state index contributed by atoms with van der Waals surface area (Å²) in [6.45, 7) is 0. The largest absolute Gasteiger partial charge is 0.399 e. The van der Waals surface area contributed by atoms with Crippen LogP contribution in [0.25, 0.3) is 0 Å². The summed E-state index contributed by atoms with van der Waals surface area (Å²) in [7, 11) is 8.43.